The smallest absolute Gasteiger partial charge is 0.257 e. The van der Waals surface area contributed by atoms with E-state index in [0.29, 0.717) is 31.8 Å². The number of carbonyl (C=O) groups is 1. The van der Waals surface area contributed by atoms with Crippen LogP contribution >= 0.6 is 24.8 Å². The Morgan fingerprint density at radius 3 is 2.64 bits per heavy atom. The van der Waals surface area contributed by atoms with Gasteiger partial charge < -0.3 is 15.4 Å². The van der Waals surface area contributed by atoms with Gasteiger partial charge in [0.15, 0.2) is 5.82 Å². The minimum absolute atomic E-state index is 0. The number of likely N-dealkylation sites (tertiary alicyclic amines) is 1. The monoisotopic (exact) mass is 429 g/mol. The number of pyridine rings is 1. The molecule has 3 heterocycles. The fourth-order valence-electron chi connectivity index (χ4n) is 3.30. The Kier molecular flexibility index (Phi) is 10.5. The molecule has 1 aliphatic rings. The molecule has 0 bridgehead atoms. The van der Waals surface area contributed by atoms with Crippen molar-refractivity contribution in [3.05, 3.63) is 41.9 Å². The average Bonchev–Trinajstić information content (AvgIpc) is 3.13. The molecule has 7 nitrogen and oxygen atoms in total. The predicted molar refractivity (Wildman–Crippen MR) is 114 cm³/mol. The molecule has 2 aromatic heterocycles. The van der Waals surface area contributed by atoms with Crippen LogP contribution in [0.2, 0.25) is 0 Å². The number of halogens is 2. The van der Waals surface area contributed by atoms with Crippen molar-refractivity contribution >= 4 is 30.7 Å². The Balaban J connectivity index is 0.00000196. The zero-order valence-corrected chi connectivity index (χ0v) is 17.8. The molecule has 3 rings (SSSR count). The quantitative estimate of drug-likeness (QED) is 0.683. The number of nitrogens with two attached hydrogens (primary N) is 1. The molecular formula is C19H29Cl2N5O2. The van der Waals surface area contributed by atoms with Gasteiger partial charge in [-0.1, -0.05) is 13.0 Å². The Morgan fingerprint density at radius 2 is 2.04 bits per heavy atom. The van der Waals surface area contributed by atoms with Gasteiger partial charge in [-0.3, -0.25) is 4.79 Å². The maximum atomic E-state index is 13.0. The van der Waals surface area contributed by atoms with Crippen molar-refractivity contribution in [1.29, 1.82) is 0 Å². The summed E-state index contributed by atoms with van der Waals surface area (Å²) in [5, 5.41) is 4.41. The summed E-state index contributed by atoms with van der Waals surface area (Å²) in [5.41, 5.74) is 7.06. The molecule has 9 heteroatoms. The lowest BCUT2D eigenvalue weighted by Gasteiger charge is -2.32. The first kappa shape index (κ1) is 24.4. The lowest BCUT2D eigenvalue weighted by atomic mass is 10.1. The van der Waals surface area contributed by atoms with Crippen molar-refractivity contribution in [3.8, 4) is 5.82 Å². The van der Waals surface area contributed by atoms with E-state index in [1.807, 2.05) is 30.0 Å². The van der Waals surface area contributed by atoms with E-state index in [4.69, 9.17) is 10.5 Å². The standard InChI is InChI=1S/C19H27N5O2.2ClH/c1-2-17-16(14-22-24(17)18-6-3-4-10-21-18)19(25)23-11-7-15(8-12-23)26-13-5-9-20;;/h3-4,6,10,14-15H,2,5,7-9,11-13,20H2,1H3;2*1H. The molecule has 0 aromatic carbocycles. The summed E-state index contributed by atoms with van der Waals surface area (Å²) in [7, 11) is 0. The summed E-state index contributed by atoms with van der Waals surface area (Å²) in [4.78, 5) is 19.2. The molecular weight excluding hydrogens is 401 g/mol. The number of amides is 1. The maximum Gasteiger partial charge on any atom is 0.257 e. The first-order valence-corrected chi connectivity index (χ1v) is 9.33. The van der Waals surface area contributed by atoms with Gasteiger partial charge in [0, 0.05) is 25.9 Å². The highest BCUT2D eigenvalue weighted by atomic mass is 35.5. The van der Waals surface area contributed by atoms with Gasteiger partial charge in [0.1, 0.15) is 0 Å². The molecule has 156 valence electrons. The van der Waals surface area contributed by atoms with Crippen LogP contribution in [-0.4, -0.2) is 57.9 Å². The van der Waals surface area contributed by atoms with E-state index in [1.54, 1.807) is 17.1 Å². The highest BCUT2D eigenvalue weighted by Crippen LogP contribution is 2.20. The largest absolute Gasteiger partial charge is 0.378 e. The Morgan fingerprint density at radius 1 is 1.29 bits per heavy atom. The second kappa shape index (κ2) is 12.0. The number of aromatic nitrogens is 3. The number of nitrogens with zero attached hydrogens (tertiary/aromatic N) is 4. The van der Waals surface area contributed by atoms with Crippen LogP contribution < -0.4 is 5.73 Å². The van der Waals surface area contributed by atoms with Crippen molar-refractivity contribution in [2.75, 3.05) is 26.2 Å². The van der Waals surface area contributed by atoms with Crippen LogP contribution in [0.3, 0.4) is 0 Å². The topological polar surface area (TPSA) is 86.3 Å². The number of piperidine rings is 1. The third kappa shape index (κ3) is 5.67. The maximum absolute atomic E-state index is 13.0. The molecule has 0 saturated carbocycles. The first-order chi connectivity index (χ1) is 12.7. The van der Waals surface area contributed by atoms with Crippen LogP contribution in [0.25, 0.3) is 5.82 Å². The van der Waals surface area contributed by atoms with Crippen LogP contribution in [0.4, 0.5) is 0 Å². The molecule has 2 N–H and O–H groups in total. The highest BCUT2D eigenvalue weighted by molar-refractivity contribution is 5.95. The minimum atomic E-state index is 0. The van der Waals surface area contributed by atoms with Gasteiger partial charge in [-0.15, -0.1) is 24.8 Å². The summed E-state index contributed by atoms with van der Waals surface area (Å²) in [6.07, 6.45) is 6.96. The Labute approximate surface area is 178 Å². The van der Waals surface area contributed by atoms with Crippen LogP contribution in [0.15, 0.2) is 30.6 Å². The lowest BCUT2D eigenvalue weighted by molar-refractivity contribution is 0.00842. The fraction of sp³-hybridized carbons (Fsp3) is 0.526. The van der Waals surface area contributed by atoms with Gasteiger partial charge in [0.2, 0.25) is 0 Å². The molecule has 2 aromatic rings. The summed E-state index contributed by atoms with van der Waals surface area (Å²) < 4.78 is 7.58. The van der Waals surface area contributed by atoms with Crippen molar-refractivity contribution < 1.29 is 9.53 Å². The normalized spacial score (nSPS) is 14.3. The fourth-order valence-corrected chi connectivity index (χ4v) is 3.30. The van der Waals surface area contributed by atoms with E-state index in [2.05, 4.69) is 10.1 Å². The molecule has 1 aliphatic heterocycles. The van der Waals surface area contributed by atoms with Gasteiger partial charge >= 0.3 is 0 Å². The van der Waals surface area contributed by atoms with E-state index in [9.17, 15) is 4.79 Å². The van der Waals surface area contributed by atoms with Gasteiger partial charge in [0.25, 0.3) is 5.91 Å². The van der Waals surface area contributed by atoms with Crippen molar-refractivity contribution in [3.63, 3.8) is 0 Å². The molecule has 0 unspecified atom stereocenters. The van der Waals surface area contributed by atoms with E-state index < -0.39 is 0 Å². The van der Waals surface area contributed by atoms with Crippen molar-refractivity contribution in [1.82, 2.24) is 19.7 Å². The van der Waals surface area contributed by atoms with E-state index in [-0.39, 0.29) is 36.8 Å². The highest BCUT2D eigenvalue weighted by Gasteiger charge is 2.27. The second-order valence-electron chi connectivity index (χ2n) is 6.46. The van der Waals surface area contributed by atoms with Gasteiger partial charge in [-0.2, -0.15) is 5.10 Å². The van der Waals surface area contributed by atoms with Gasteiger partial charge in [-0.25, -0.2) is 9.67 Å². The van der Waals surface area contributed by atoms with Crippen LogP contribution in [0.5, 0.6) is 0 Å². The van der Waals surface area contributed by atoms with Crippen LogP contribution in [-0.2, 0) is 11.2 Å². The number of hydrogen-bond donors (Lipinski definition) is 1. The number of hydrogen-bond acceptors (Lipinski definition) is 5. The van der Waals surface area contributed by atoms with Crippen molar-refractivity contribution in [2.24, 2.45) is 5.73 Å². The summed E-state index contributed by atoms with van der Waals surface area (Å²) >= 11 is 0. The summed E-state index contributed by atoms with van der Waals surface area (Å²) in [6.45, 7) is 4.81. The molecule has 0 spiro atoms. The SMILES string of the molecule is CCc1c(C(=O)N2CCC(OCCCN)CC2)cnn1-c1ccccn1.Cl.Cl. The van der Waals surface area contributed by atoms with Gasteiger partial charge in [-0.05, 0) is 44.4 Å². The molecule has 0 aliphatic carbocycles. The zero-order chi connectivity index (χ0) is 18.4. The Hall–Kier alpha value is -1.67. The molecule has 1 saturated heterocycles. The molecule has 1 amide bonds. The number of ether oxygens (including phenoxy) is 1. The third-order valence-electron chi connectivity index (χ3n) is 4.73. The van der Waals surface area contributed by atoms with Gasteiger partial charge in [0.05, 0.1) is 23.6 Å². The van der Waals surface area contributed by atoms with Crippen LogP contribution in [0.1, 0.15) is 42.2 Å². The summed E-state index contributed by atoms with van der Waals surface area (Å²) in [6, 6.07) is 5.68. The third-order valence-corrected chi connectivity index (χ3v) is 4.73. The summed E-state index contributed by atoms with van der Waals surface area (Å²) in [5.74, 6) is 0.778. The van der Waals surface area contributed by atoms with E-state index in [0.717, 1.165) is 37.2 Å². The van der Waals surface area contributed by atoms with Crippen molar-refractivity contribution in [2.45, 2.75) is 38.7 Å². The van der Waals surface area contributed by atoms with Crippen LogP contribution in [0, 0.1) is 0 Å². The van der Waals surface area contributed by atoms with E-state index in [1.165, 1.54) is 0 Å². The predicted octanol–water partition coefficient (Wildman–Crippen LogP) is 2.64. The van der Waals surface area contributed by atoms with E-state index >= 15 is 0 Å². The second-order valence-corrected chi connectivity index (χ2v) is 6.46. The molecule has 1 fully saturated rings. The molecule has 0 radical (unpaired) electrons. The first-order valence-electron chi connectivity index (χ1n) is 9.33. The molecule has 28 heavy (non-hydrogen) atoms. The lowest BCUT2D eigenvalue weighted by Crippen LogP contribution is -2.41. The number of rotatable bonds is 7. The number of carbonyl (C=O) groups excluding carboxylic acids is 1. The minimum Gasteiger partial charge on any atom is -0.378 e. The molecule has 0 atom stereocenters. The Bertz CT molecular complexity index is 718. The zero-order valence-electron chi connectivity index (χ0n) is 16.1. The average molecular weight is 430 g/mol.